The van der Waals surface area contributed by atoms with Gasteiger partial charge in [0.25, 0.3) is 0 Å². The average molecular weight is 627 g/mol. The number of urea groups is 1. The molecule has 1 saturated heterocycles. The maximum Gasteiger partial charge on any atom is 0.335 e. The molecule has 0 radical (unpaired) electrons. The second-order valence-electron chi connectivity index (χ2n) is 11.0. The quantitative estimate of drug-likeness (QED) is 0.133. The van der Waals surface area contributed by atoms with Gasteiger partial charge in [-0.15, -0.1) is 11.8 Å². The van der Waals surface area contributed by atoms with E-state index in [0.717, 1.165) is 38.3 Å². The summed E-state index contributed by atoms with van der Waals surface area (Å²) in [6.07, 6.45) is -0.999. The van der Waals surface area contributed by atoms with E-state index in [2.05, 4.69) is 17.6 Å². The van der Waals surface area contributed by atoms with Crippen LogP contribution in [0.5, 0.6) is 0 Å². The largest absolute Gasteiger partial charge is 0.478 e. The average Bonchev–Trinajstić information content (AvgIpc) is 3.07. The van der Waals surface area contributed by atoms with Crippen LogP contribution in [0, 0.1) is 5.92 Å². The molecular formula is C36H38N2O6S. The van der Waals surface area contributed by atoms with Gasteiger partial charge in [-0.2, -0.15) is 0 Å². The second kappa shape index (κ2) is 15.2. The number of ether oxygens (including phenoxy) is 2. The number of hydrogen-bond donors (Lipinski definition) is 4. The highest BCUT2D eigenvalue weighted by Crippen LogP contribution is 2.43. The first-order chi connectivity index (χ1) is 21.9. The molecule has 5 rings (SSSR count). The summed E-state index contributed by atoms with van der Waals surface area (Å²) in [5.41, 5.74) is 6.06. The van der Waals surface area contributed by atoms with E-state index in [1.54, 1.807) is 23.9 Å². The highest BCUT2D eigenvalue weighted by molar-refractivity contribution is 7.99. The van der Waals surface area contributed by atoms with Crippen molar-refractivity contribution in [2.24, 2.45) is 5.92 Å². The summed E-state index contributed by atoms with van der Waals surface area (Å²) in [5, 5.41) is 24.4. The summed E-state index contributed by atoms with van der Waals surface area (Å²) in [7, 11) is 0. The van der Waals surface area contributed by atoms with Crippen molar-refractivity contribution in [1.29, 1.82) is 0 Å². The molecule has 0 unspecified atom stereocenters. The number of carbonyl (C=O) groups is 2. The lowest BCUT2D eigenvalue weighted by molar-refractivity contribution is -0.268. The van der Waals surface area contributed by atoms with Gasteiger partial charge in [0.2, 0.25) is 0 Å². The highest BCUT2D eigenvalue weighted by Gasteiger charge is 2.38. The van der Waals surface area contributed by atoms with Gasteiger partial charge in [0, 0.05) is 35.2 Å². The van der Waals surface area contributed by atoms with Crippen LogP contribution in [0.25, 0.3) is 11.1 Å². The molecule has 4 aromatic carbocycles. The zero-order chi connectivity index (χ0) is 31.8. The molecule has 0 spiro atoms. The third kappa shape index (κ3) is 8.12. The number of benzene rings is 4. The van der Waals surface area contributed by atoms with Crippen molar-refractivity contribution in [3.8, 4) is 11.1 Å². The van der Waals surface area contributed by atoms with Crippen molar-refractivity contribution >= 4 is 23.8 Å². The maximum absolute atomic E-state index is 12.0. The van der Waals surface area contributed by atoms with E-state index in [-0.39, 0.29) is 36.3 Å². The van der Waals surface area contributed by atoms with Crippen LogP contribution >= 0.6 is 11.8 Å². The summed E-state index contributed by atoms with van der Waals surface area (Å²) in [6.45, 7) is 4.95. The Bertz CT molecular complexity index is 1580. The summed E-state index contributed by atoms with van der Waals surface area (Å²) in [6, 6.07) is 30.6. The molecule has 0 saturated carbocycles. The summed E-state index contributed by atoms with van der Waals surface area (Å²) in [5.74, 6) is -0.269. The van der Waals surface area contributed by atoms with Crippen molar-refractivity contribution in [3.05, 3.63) is 125 Å². The van der Waals surface area contributed by atoms with Gasteiger partial charge in [0.15, 0.2) is 6.29 Å². The highest BCUT2D eigenvalue weighted by atomic mass is 32.2. The normalized spacial score (nSPS) is 19.5. The van der Waals surface area contributed by atoms with Crippen LogP contribution in [-0.4, -0.2) is 40.6 Å². The smallest absolute Gasteiger partial charge is 0.335 e. The van der Waals surface area contributed by atoms with Gasteiger partial charge < -0.3 is 30.3 Å². The number of carboxylic acids is 1. The number of carboxylic acid groups (broad SMARTS) is 1. The molecule has 45 heavy (non-hydrogen) atoms. The lowest BCUT2D eigenvalue weighted by atomic mass is 9.91. The van der Waals surface area contributed by atoms with Crippen molar-refractivity contribution < 1.29 is 29.3 Å². The van der Waals surface area contributed by atoms with Gasteiger partial charge in [0.05, 0.1) is 24.4 Å². The van der Waals surface area contributed by atoms with E-state index in [1.165, 1.54) is 0 Å². The van der Waals surface area contributed by atoms with Crippen LogP contribution in [0.3, 0.4) is 0 Å². The minimum absolute atomic E-state index is 0.0233. The molecule has 234 valence electrons. The van der Waals surface area contributed by atoms with Crippen LogP contribution in [0.1, 0.15) is 58.9 Å². The monoisotopic (exact) mass is 626 g/mol. The van der Waals surface area contributed by atoms with E-state index in [0.29, 0.717) is 18.8 Å². The van der Waals surface area contributed by atoms with E-state index >= 15 is 0 Å². The molecule has 0 bridgehead atoms. The third-order valence-corrected chi connectivity index (χ3v) is 9.03. The number of aliphatic hydroxyl groups excluding tert-OH is 1. The summed E-state index contributed by atoms with van der Waals surface area (Å²) in [4.78, 5) is 24.2. The molecule has 8 nitrogen and oxygen atoms in total. The molecule has 1 aliphatic heterocycles. The molecule has 0 aliphatic carbocycles. The Morgan fingerprint density at radius 3 is 2.20 bits per heavy atom. The van der Waals surface area contributed by atoms with Gasteiger partial charge in [-0.05, 0) is 59.0 Å². The minimum atomic E-state index is -0.948. The standard InChI is InChI=1S/C36H38N2O6S/c1-3-37-36(42)38-20-29-6-4-5-7-31(29)25-12-14-28(15-13-25)35-43-32(22-45-30-18-16-27(17-19-30)34(40)41)23(2)33(44-35)26-10-8-24(21-39)9-11-26/h4-19,23,32-33,35,39H,3,20-22H2,1-2H3,(H,40,41)(H2,37,38,42)/t23-,32+,33+,35+/m1/s1. The van der Waals surface area contributed by atoms with Gasteiger partial charge in [-0.1, -0.05) is 79.7 Å². The summed E-state index contributed by atoms with van der Waals surface area (Å²) >= 11 is 1.62. The van der Waals surface area contributed by atoms with Crippen LogP contribution in [0.4, 0.5) is 4.79 Å². The van der Waals surface area contributed by atoms with Gasteiger partial charge in [-0.3, -0.25) is 0 Å². The Balaban J connectivity index is 1.36. The first-order valence-electron chi connectivity index (χ1n) is 15.0. The zero-order valence-electron chi connectivity index (χ0n) is 25.3. The van der Waals surface area contributed by atoms with Crippen molar-refractivity contribution in [1.82, 2.24) is 10.6 Å². The number of rotatable bonds is 11. The van der Waals surface area contributed by atoms with Crippen molar-refractivity contribution in [2.45, 2.75) is 50.4 Å². The topological polar surface area (TPSA) is 117 Å². The number of nitrogens with one attached hydrogen (secondary N) is 2. The SMILES string of the molecule is CCNC(=O)NCc1ccccc1-c1ccc([C@H]2O[C@@H](CSc3ccc(C(=O)O)cc3)[C@@H](C)[C@@H](c3ccc(CO)cc3)O2)cc1. The number of aromatic carboxylic acids is 1. The first kappa shape index (κ1) is 32.2. The molecule has 2 amide bonds. The molecule has 0 aromatic heterocycles. The number of thioether (sulfide) groups is 1. The van der Waals surface area contributed by atoms with Crippen LogP contribution in [-0.2, 0) is 22.6 Å². The zero-order valence-corrected chi connectivity index (χ0v) is 26.1. The number of hydrogen-bond acceptors (Lipinski definition) is 6. The third-order valence-electron chi connectivity index (χ3n) is 7.93. The maximum atomic E-state index is 12.0. The van der Waals surface area contributed by atoms with Crippen LogP contribution < -0.4 is 10.6 Å². The fraction of sp³-hybridized carbons (Fsp3) is 0.278. The van der Waals surface area contributed by atoms with E-state index < -0.39 is 12.3 Å². The fourth-order valence-electron chi connectivity index (χ4n) is 5.36. The van der Waals surface area contributed by atoms with Crippen molar-refractivity contribution in [2.75, 3.05) is 12.3 Å². The minimum Gasteiger partial charge on any atom is -0.478 e. The predicted molar refractivity (Wildman–Crippen MR) is 175 cm³/mol. The molecule has 1 heterocycles. The first-order valence-corrected chi connectivity index (χ1v) is 16.0. The molecule has 1 fully saturated rings. The second-order valence-corrected chi connectivity index (χ2v) is 12.0. The van der Waals surface area contributed by atoms with E-state index in [1.807, 2.05) is 91.9 Å². The Labute approximate surface area is 267 Å². The molecule has 4 aromatic rings. The fourth-order valence-corrected chi connectivity index (χ4v) is 6.42. The Morgan fingerprint density at radius 1 is 0.844 bits per heavy atom. The summed E-state index contributed by atoms with van der Waals surface area (Å²) < 4.78 is 13.2. The van der Waals surface area contributed by atoms with Crippen LogP contribution in [0.2, 0.25) is 0 Å². The Morgan fingerprint density at radius 2 is 1.53 bits per heavy atom. The van der Waals surface area contributed by atoms with E-state index in [4.69, 9.17) is 9.47 Å². The molecule has 1 aliphatic rings. The Kier molecular flexibility index (Phi) is 10.9. The van der Waals surface area contributed by atoms with E-state index in [9.17, 15) is 19.8 Å². The van der Waals surface area contributed by atoms with Gasteiger partial charge in [-0.25, -0.2) is 9.59 Å². The lowest BCUT2D eigenvalue weighted by Gasteiger charge is -2.41. The number of aliphatic hydroxyl groups is 1. The van der Waals surface area contributed by atoms with Crippen molar-refractivity contribution in [3.63, 3.8) is 0 Å². The molecular weight excluding hydrogens is 588 g/mol. The molecule has 4 N–H and O–H groups in total. The number of carbonyl (C=O) groups excluding carboxylic acids is 1. The Hall–Kier alpha value is -4.15. The number of amides is 2. The lowest BCUT2D eigenvalue weighted by Crippen LogP contribution is -2.38. The van der Waals surface area contributed by atoms with Crippen LogP contribution in [0.15, 0.2) is 102 Å². The predicted octanol–water partition coefficient (Wildman–Crippen LogP) is 6.95. The van der Waals surface area contributed by atoms with Gasteiger partial charge in [0.1, 0.15) is 0 Å². The molecule has 9 heteroatoms. The molecule has 4 atom stereocenters. The van der Waals surface area contributed by atoms with Gasteiger partial charge >= 0.3 is 12.0 Å².